The molecular weight excluding hydrogens is 627 g/mol. The van der Waals surface area contributed by atoms with Gasteiger partial charge in [0.25, 0.3) is 0 Å². The first kappa shape index (κ1) is 38.1. The Kier molecular flexibility index (Phi) is 15.5. The van der Waals surface area contributed by atoms with Crippen LogP contribution in [0.4, 0.5) is 13.2 Å². The van der Waals surface area contributed by atoms with Gasteiger partial charge in [-0.3, -0.25) is 14.5 Å². The zero-order valence-corrected chi connectivity index (χ0v) is 26.7. The van der Waals surface area contributed by atoms with Crippen LogP contribution < -0.4 is 10.6 Å². The van der Waals surface area contributed by atoms with Crippen LogP contribution in [-0.4, -0.2) is 92.2 Å². The number of thioether (sulfide) groups is 1. The molecule has 0 aliphatic heterocycles. The second-order valence-electron chi connectivity index (χ2n) is 10.6. The first-order valence-electron chi connectivity index (χ1n) is 14.5. The second-order valence-corrected chi connectivity index (χ2v) is 11.6. The van der Waals surface area contributed by atoms with Gasteiger partial charge in [0.15, 0.2) is 0 Å². The van der Waals surface area contributed by atoms with Crippen LogP contribution >= 0.6 is 11.8 Å². The van der Waals surface area contributed by atoms with Crippen molar-refractivity contribution in [3.05, 3.63) is 66.2 Å². The molecule has 0 saturated carbocycles. The summed E-state index contributed by atoms with van der Waals surface area (Å²) < 4.78 is 31.7. The maximum atomic E-state index is 13.1. The van der Waals surface area contributed by atoms with E-state index in [9.17, 15) is 32.7 Å². The average molecular weight is 668 g/mol. The predicted octanol–water partition coefficient (Wildman–Crippen LogP) is 4.09. The minimum absolute atomic E-state index is 0.00837. The molecule has 11 nitrogen and oxygen atoms in total. The Labute approximate surface area is 269 Å². The highest BCUT2D eigenvalue weighted by Gasteiger charge is 2.38. The molecule has 2 aromatic carbocycles. The summed E-state index contributed by atoms with van der Waals surface area (Å²) in [7, 11) is 0. The minimum atomic E-state index is -5.08. The molecule has 2 amide bonds. The van der Waals surface area contributed by atoms with E-state index < -0.39 is 24.2 Å². The highest BCUT2D eigenvalue weighted by Crippen LogP contribution is 2.21. The number of aromatic amines is 1. The number of hydrogen-bond donors (Lipinski definition) is 5. The van der Waals surface area contributed by atoms with Crippen molar-refractivity contribution in [1.82, 2.24) is 25.5 Å². The number of amides is 2. The van der Waals surface area contributed by atoms with E-state index in [4.69, 9.17) is 9.90 Å². The molecule has 1 heterocycles. The number of imidazole rings is 1. The van der Waals surface area contributed by atoms with Crippen LogP contribution in [0.25, 0.3) is 10.8 Å². The zero-order chi connectivity index (χ0) is 34.3. The van der Waals surface area contributed by atoms with Crippen molar-refractivity contribution in [2.75, 3.05) is 25.1 Å². The fraction of sp³-hybridized carbons (Fsp3) is 0.452. The number of fused-ring (bicyclic) bond motifs is 1. The van der Waals surface area contributed by atoms with Crippen molar-refractivity contribution in [2.45, 2.75) is 57.9 Å². The Balaban J connectivity index is 0.000000942. The summed E-state index contributed by atoms with van der Waals surface area (Å²) >= 11 is 1.54. The number of hydrogen-bond acceptors (Lipinski definition) is 7. The number of carboxylic acids is 2. The number of benzene rings is 2. The highest BCUT2D eigenvalue weighted by atomic mass is 32.2. The van der Waals surface area contributed by atoms with Crippen LogP contribution in [0.15, 0.2) is 55.0 Å². The lowest BCUT2D eigenvalue weighted by atomic mass is 9.97. The normalized spacial score (nSPS) is 13.3. The molecule has 0 aliphatic carbocycles. The molecule has 0 saturated heterocycles. The van der Waals surface area contributed by atoms with E-state index in [1.54, 1.807) is 24.3 Å². The van der Waals surface area contributed by atoms with E-state index in [2.05, 4.69) is 52.6 Å². The Hall–Kier alpha value is -4.11. The van der Waals surface area contributed by atoms with Gasteiger partial charge in [-0.25, -0.2) is 14.6 Å². The summed E-state index contributed by atoms with van der Waals surface area (Å²) in [6.45, 7) is 5.06. The second kappa shape index (κ2) is 18.8. The molecule has 3 atom stereocenters. The first-order chi connectivity index (χ1) is 21.7. The number of nitrogens with one attached hydrogen (secondary N) is 3. The number of halogens is 3. The number of carbonyl (C=O) groups is 4. The van der Waals surface area contributed by atoms with E-state index in [1.165, 1.54) is 0 Å². The summed E-state index contributed by atoms with van der Waals surface area (Å²) in [4.78, 5) is 55.6. The third-order valence-corrected chi connectivity index (χ3v) is 7.80. The predicted molar refractivity (Wildman–Crippen MR) is 169 cm³/mol. The fourth-order valence-corrected chi connectivity index (χ4v) is 5.00. The molecule has 0 radical (unpaired) electrons. The van der Waals surface area contributed by atoms with Crippen LogP contribution in [0.1, 0.15) is 37.9 Å². The summed E-state index contributed by atoms with van der Waals surface area (Å²) in [6.07, 6.45) is 1.42. The molecule has 0 spiro atoms. The Morgan fingerprint density at radius 1 is 1.04 bits per heavy atom. The number of alkyl halides is 3. The number of nitrogens with zero attached hydrogens (tertiary/aromatic N) is 2. The van der Waals surface area contributed by atoms with E-state index in [0.717, 1.165) is 22.8 Å². The van der Waals surface area contributed by atoms with E-state index in [1.807, 2.05) is 35.4 Å². The van der Waals surface area contributed by atoms with E-state index in [0.29, 0.717) is 31.0 Å². The van der Waals surface area contributed by atoms with Crippen molar-refractivity contribution in [1.29, 1.82) is 0 Å². The van der Waals surface area contributed by atoms with Gasteiger partial charge in [-0.15, -0.1) is 0 Å². The molecule has 1 aromatic heterocycles. The van der Waals surface area contributed by atoms with E-state index in [-0.39, 0.29) is 36.7 Å². The molecule has 3 aromatic rings. The Morgan fingerprint density at radius 3 is 2.30 bits per heavy atom. The molecule has 0 fully saturated rings. The molecule has 46 heavy (non-hydrogen) atoms. The highest BCUT2D eigenvalue weighted by molar-refractivity contribution is 7.98. The summed E-state index contributed by atoms with van der Waals surface area (Å²) in [5.74, 6) is -3.50. The lowest BCUT2D eigenvalue weighted by Gasteiger charge is -2.31. The van der Waals surface area contributed by atoms with Gasteiger partial charge in [0, 0.05) is 25.3 Å². The van der Waals surface area contributed by atoms with Crippen LogP contribution in [0.2, 0.25) is 0 Å². The maximum Gasteiger partial charge on any atom is 0.490 e. The van der Waals surface area contributed by atoms with Crippen molar-refractivity contribution in [3.8, 4) is 0 Å². The molecule has 0 aliphatic rings. The quantitative estimate of drug-likeness (QED) is 0.151. The van der Waals surface area contributed by atoms with Crippen molar-refractivity contribution in [2.24, 2.45) is 5.92 Å². The molecule has 5 N–H and O–H groups in total. The third kappa shape index (κ3) is 13.1. The monoisotopic (exact) mass is 667 g/mol. The third-order valence-electron chi connectivity index (χ3n) is 7.16. The Morgan fingerprint density at radius 2 is 1.72 bits per heavy atom. The van der Waals surface area contributed by atoms with Crippen LogP contribution in [0, 0.1) is 5.92 Å². The number of carbonyl (C=O) groups excluding carboxylic acids is 2. The summed E-state index contributed by atoms with van der Waals surface area (Å²) in [5.41, 5.74) is 1.72. The lowest BCUT2D eigenvalue weighted by Crippen LogP contribution is -2.51. The van der Waals surface area contributed by atoms with Crippen LogP contribution in [-0.2, 0) is 32.1 Å². The van der Waals surface area contributed by atoms with E-state index >= 15 is 0 Å². The number of rotatable bonds is 16. The van der Waals surface area contributed by atoms with Gasteiger partial charge < -0.3 is 25.8 Å². The molecule has 15 heteroatoms. The minimum Gasteiger partial charge on any atom is -0.480 e. The number of aromatic nitrogens is 2. The summed E-state index contributed by atoms with van der Waals surface area (Å²) in [5, 5.41) is 24.8. The number of aliphatic carboxylic acids is 2. The zero-order valence-electron chi connectivity index (χ0n) is 25.8. The van der Waals surface area contributed by atoms with Crippen molar-refractivity contribution < 1.29 is 42.6 Å². The van der Waals surface area contributed by atoms with Crippen LogP contribution in [0.5, 0.6) is 0 Å². The first-order valence-corrected chi connectivity index (χ1v) is 15.9. The number of H-pyrrole nitrogens is 1. The van der Waals surface area contributed by atoms with Gasteiger partial charge in [0.05, 0.1) is 25.0 Å². The van der Waals surface area contributed by atoms with Gasteiger partial charge in [0.1, 0.15) is 6.04 Å². The topological polar surface area (TPSA) is 165 Å². The Bertz CT molecular complexity index is 1420. The number of carboxylic acid groups (broad SMARTS) is 2. The smallest absolute Gasteiger partial charge is 0.480 e. The van der Waals surface area contributed by atoms with Crippen molar-refractivity contribution >= 4 is 46.3 Å². The fourth-order valence-electron chi connectivity index (χ4n) is 4.53. The van der Waals surface area contributed by atoms with Gasteiger partial charge in [-0.05, 0) is 40.7 Å². The van der Waals surface area contributed by atoms with Gasteiger partial charge in [0.2, 0.25) is 11.8 Å². The SMILES string of the molecule is CCC(C)[C@@H](CN(CC(=O)N[C@@H](CCSC)C(=O)O)Cc1cccc2ccccc12)NC(=O)Cc1c[nH]cn1.O=C(O)C(F)(F)F. The molecule has 252 valence electrons. The molecular formula is C31H40F3N5O6S. The summed E-state index contributed by atoms with van der Waals surface area (Å²) in [6, 6.07) is 13.0. The standard InChI is InChI=1S/C29H39N5O4S.C2HF3O2/c1-4-20(2)26(33-27(35)14-23-15-30-19-31-23)17-34(18-28(36)32-25(29(37)38)12-13-39-3)16-22-10-7-9-21-8-5-6-11-24(21)22;3-2(4,5)1(6)7/h5-11,15,19-20,25-26H,4,12-14,16-18H2,1-3H3,(H,30,31)(H,32,36)(H,33,35)(H,37,38);(H,6,7)/t20?,25-,26+;/m0./s1. The largest absolute Gasteiger partial charge is 0.490 e. The lowest BCUT2D eigenvalue weighted by molar-refractivity contribution is -0.192. The molecule has 3 rings (SSSR count). The molecule has 1 unspecified atom stereocenters. The molecule has 0 bridgehead atoms. The van der Waals surface area contributed by atoms with Gasteiger partial charge in [-0.1, -0.05) is 62.7 Å². The van der Waals surface area contributed by atoms with Gasteiger partial charge in [-0.2, -0.15) is 24.9 Å². The van der Waals surface area contributed by atoms with Crippen molar-refractivity contribution in [3.63, 3.8) is 0 Å². The maximum absolute atomic E-state index is 13.1. The average Bonchev–Trinajstić information content (AvgIpc) is 3.51. The van der Waals surface area contributed by atoms with Crippen LogP contribution in [0.3, 0.4) is 0 Å². The van der Waals surface area contributed by atoms with Gasteiger partial charge >= 0.3 is 18.1 Å².